The third-order valence-corrected chi connectivity index (χ3v) is 3.90. The van der Waals surface area contributed by atoms with Gasteiger partial charge in [-0.1, -0.05) is 30.3 Å². The predicted molar refractivity (Wildman–Crippen MR) is 97.6 cm³/mol. The van der Waals surface area contributed by atoms with E-state index in [4.69, 9.17) is 0 Å². The summed E-state index contributed by atoms with van der Waals surface area (Å²) in [5.74, 6) is 0.865. The van der Waals surface area contributed by atoms with Gasteiger partial charge in [0.15, 0.2) is 5.82 Å². The minimum absolute atomic E-state index is 0.227. The minimum atomic E-state index is -0.227. The third-order valence-electron chi connectivity index (χ3n) is 3.90. The topological polar surface area (TPSA) is 62.7 Å². The summed E-state index contributed by atoms with van der Waals surface area (Å²) in [4.78, 5) is 4.44. The van der Waals surface area contributed by atoms with Crippen LogP contribution in [-0.4, -0.2) is 21.7 Å². The van der Waals surface area contributed by atoms with E-state index in [2.05, 4.69) is 25.8 Å². The lowest BCUT2D eigenvalue weighted by Gasteiger charge is -2.12. The molecule has 6 heteroatoms. The van der Waals surface area contributed by atoms with E-state index >= 15 is 0 Å². The summed E-state index contributed by atoms with van der Waals surface area (Å²) < 4.78 is 12.9. The molecule has 25 heavy (non-hydrogen) atoms. The molecule has 0 amide bonds. The Morgan fingerprint density at radius 2 is 1.72 bits per heavy atom. The van der Waals surface area contributed by atoms with Crippen LogP contribution in [0.3, 0.4) is 0 Å². The van der Waals surface area contributed by atoms with Crippen molar-refractivity contribution in [3.05, 3.63) is 71.2 Å². The number of nitrogens with one attached hydrogen (secondary N) is 2. The Labute approximate surface area is 146 Å². The van der Waals surface area contributed by atoms with Gasteiger partial charge in [-0.15, -0.1) is 5.10 Å². The maximum absolute atomic E-state index is 12.9. The molecule has 3 rings (SSSR count). The molecule has 0 aliphatic rings. The van der Waals surface area contributed by atoms with Crippen LogP contribution in [0.15, 0.2) is 48.7 Å². The molecule has 0 saturated carbocycles. The van der Waals surface area contributed by atoms with Crippen molar-refractivity contribution in [3.63, 3.8) is 0 Å². The van der Waals surface area contributed by atoms with Gasteiger partial charge >= 0.3 is 0 Å². The summed E-state index contributed by atoms with van der Waals surface area (Å²) in [5, 5.41) is 14.4. The zero-order chi connectivity index (χ0) is 17.6. The molecule has 0 spiro atoms. The van der Waals surface area contributed by atoms with Crippen LogP contribution < -0.4 is 10.6 Å². The first-order valence-corrected chi connectivity index (χ1v) is 8.13. The molecule has 0 fully saturated rings. The van der Waals surface area contributed by atoms with E-state index in [1.807, 2.05) is 32.0 Å². The Kier molecular flexibility index (Phi) is 5.18. The number of rotatable bonds is 6. The smallest absolute Gasteiger partial charge is 0.244 e. The lowest BCUT2D eigenvalue weighted by molar-refractivity contribution is 0.627. The van der Waals surface area contributed by atoms with Crippen molar-refractivity contribution < 1.29 is 4.39 Å². The Morgan fingerprint density at radius 1 is 1.00 bits per heavy atom. The maximum atomic E-state index is 12.9. The highest BCUT2D eigenvalue weighted by atomic mass is 19.1. The molecule has 0 unspecified atom stereocenters. The van der Waals surface area contributed by atoms with Crippen LogP contribution in [-0.2, 0) is 6.42 Å². The first-order valence-electron chi connectivity index (χ1n) is 8.13. The van der Waals surface area contributed by atoms with Gasteiger partial charge < -0.3 is 10.6 Å². The SMILES string of the molecule is Cc1cccc(C)c1Nc1cnnc(NCCc2ccc(F)cc2)n1. The van der Waals surface area contributed by atoms with E-state index in [9.17, 15) is 4.39 Å². The molecule has 0 bridgehead atoms. The van der Waals surface area contributed by atoms with E-state index in [1.165, 1.54) is 12.1 Å². The first kappa shape index (κ1) is 16.8. The van der Waals surface area contributed by atoms with Crippen molar-refractivity contribution >= 4 is 17.5 Å². The number of halogens is 1. The number of aryl methyl sites for hydroxylation is 2. The standard InChI is InChI=1S/C19H20FN5/c1-13-4-3-5-14(2)18(13)23-17-12-22-25-19(24-17)21-11-10-15-6-8-16(20)9-7-15/h3-9,12H,10-11H2,1-2H3,(H2,21,23,24,25). The van der Waals surface area contributed by atoms with Crippen molar-refractivity contribution in [2.45, 2.75) is 20.3 Å². The lowest BCUT2D eigenvalue weighted by Crippen LogP contribution is -2.10. The quantitative estimate of drug-likeness (QED) is 0.711. The Hall–Kier alpha value is -3.02. The molecule has 0 aliphatic heterocycles. The molecule has 2 N–H and O–H groups in total. The molecule has 1 heterocycles. The number of aromatic nitrogens is 3. The van der Waals surface area contributed by atoms with Crippen molar-refractivity contribution in [1.29, 1.82) is 0 Å². The Bertz CT molecular complexity index is 828. The van der Waals surface area contributed by atoms with Crippen LogP contribution in [0.2, 0.25) is 0 Å². The second kappa shape index (κ2) is 7.70. The van der Waals surface area contributed by atoms with E-state index in [1.54, 1.807) is 18.3 Å². The monoisotopic (exact) mass is 337 g/mol. The largest absolute Gasteiger partial charge is 0.353 e. The fourth-order valence-electron chi connectivity index (χ4n) is 2.55. The summed E-state index contributed by atoms with van der Waals surface area (Å²) in [6, 6.07) is 12.6. The molecule has 0 aliphatic carbocycles. The molecule has 5 nitrogen and oxygen atoms in total. The summed E-state index contributed by atoms with van der Waals surface area (Å²) in [5.41, 5.74) is 4.36. The highest BCUT2D eigenvalue weighted by Crippen LogP contribution is 2.23. The van der Waals surface area contributed by atoms with E-state index in [-0.39, 0.29) is 5.82 Å². The van der Waals surface area contributed by atoms with Gasteiger partial charge in [0.2, 0.25) is 5.95 Å². The first-order chi connectivity index (χ1) is 12.1. The van der Waals surface area contributed by atoms with Crippen LogP contribution in [0.5, 0.6) is 0 Å². The minimum Gasteiger partial charge on any atom is -0.353 e. The molecule has 0 atom stereocenters. The summed E-state index contributed by atoms with van der Waals surface area (Å²) >= 11 is 0. The normalized spacial score (nSPS) is 10.5. The average molecular weight is 337 g/mol. The molecule has 2 aromatic carbocycles. The molecular formula is C19H20FN5. The third kappa shape index (κ3) is 4.50. The van der Waals surface area contributed by atoms with Gasteiger partial charge in [0.25, 0.3) is 0 Å². The zero-order valence-electron chi connectivity index (χ0n) is 14.3. The van der Waals surface area contributed by atoms with Gasteiger partial charge in [-0.05, 0) is 49.1 Å². The molecule has 0 saturated heterocycles. The van der Waals surface area contributed by atoms with Gasteiger partial charge in [0, 0.05) is 12.2 Å². The predicted octanol–water partition coefficient (Wildman–Crippen LogP) is 4.03. The second-order valence-corrected chi connectivity index (χ2v) is 5.86. The summed E-state index contributed by atoms with van der Waals surface area (Å²) in [7, 11) is 0. The van der Waals surface area contributed by atoms with Gasteiger partial charge in [-0.2, -0.15) is 10.1 Å². The highest BCUT2D eigenvalue weighted by Gasteiger charge is 2.05. The molecule has 128 valence electrons. The van der Waals surface area contributed by atoms with Crippen LogP contribution in [0.4, 0.5) is 21.8 Å². The van der Waals surface area contributed by atoms with E-state index < -0.39 is 0 Å². The summed E-state index contributed by atoms with van der Waals surface area (Å²) in [6.07, 6.45) is 2.34. The highest BCUT2D eigenvalue weighted by molar-refractivity contribution is 5.64. The number of hydrogen-bond acceptors (Lipinski definition) is 5. The zero-order valence-corrected chi connectivity index (χ0v) is 14.3. The van der Waals surface area contributed by atoms with Gasteiger partial charge in [-0.3, -0.25) is 0 Å². The maximum Gasteiger partial charge on any atom is 0.244 e. The van der Waals surface area contributed by atoms with Crippen LogP contribution in [0, 0.1) is 19.7 Å². The van der Waals surface area contributed by atoms with E-state index in [0.29, 0.717) is 18.3 Å². The second-order valence-electron chi connectivity index (χ2n) is 5.86. The van der Waals surface area contributed by atoms with Crippen LogP contribution in [0.25, 0.3) is 0 Å². The molecule has 0 radical (unpaired) electrons. The van der Waals surface area contributed by atoms with Gasteiger partial charge in [0.05, 0.1) is 6.20 Å². The van der Waals surface area contributed by atoms with Gasteiger partial charge in [-0.25, -0.2) is 4.39 Å². The van der Waals surface area contributed by atoms with Crippen molar-refractivity contribution in [1.82, 2.24) is 15.2 Å². The van der Waals surface area contributed by atoms with Crippen molar-refractivity contribution in [2.75, 3.05) is 17.2 Å². The number of anilines is 3. The number of hydrogen-bond donors (Lipinski definition) is 2. The Morgan fingerprint density at radius 3 is 2.44 bits per heavy atom. The van der Waals surface area contributed by atoms with Crippen LogP contribution >= 0.6 is 0 Å². The molecule has 1 aromatic heterocycles. The van der Waals surface area contributed by atoms with Crippen LogP contribution in [0.1, 0.15) is 16.7 Å². The van der Waals surface area contributed by atoms with Gasteiger partial charge in [0.1, 0.15) is 5.82 Å². The molecule has 3 aromatic rings. The number of nitrogens with zero attached hydrogens (tertiary/aromatic N) is 3. The summed E-state index contributed by atoms with van der Waals surface area (Å²) in [6.45, 7) is 4.73. The van der Waals surface area contributed by atoms with E-state index in [0.717, 1.165) is 28.8 Å². The van der Waals surface area contributed by atoms with Crippen molar-refractivity contribution in [3.8, 4) is 0 Å². The molecular weight excluding hydrogens is 317 g/mol. The fraction of sp³-hybridized carbons (Fsp3) is 0.211. The average Bonchev–Trinajstić information content (AvgIpc) is 2.60. The lowest BCUT2D eigenvalue weighted by atomic mass is 10.1. The van der Waals surface area contributed by atoms with Crippen molar-refractivity contribution in [2.24, 2.45) is 0 Å². The Balaban J connectivity index is 1.62. The fourth-order valence-corrected chi connectivity index (χ4v) is 2.55. The number of benzene rings is 2. The number of para-hydroxylation sites is 1.